The summed E-state index contributed by atoms with van der Waals surface area (Å²) in [4.78, 5) is 4.89. The monoisotopic (exact) mass is 534 g/mol. The lowest BCUT2D eigenvalue weighted by molar-refractivity contribution is -0.836. The van der Waals surface area contributed by atoms with E-state index in [2.05, 4.69) is 49.4 Å². The molecule has 1 unspecified atom stereocenters. The highest BCUT2D eigenvalue weighted by Gasteiger charge is 2.36. The first kappa shape index (κ1) is 31.1. The van der Waals surface area contributed by atoms with Crippen LogP contribution in [0.5, 0.6) is 0 Å². The lowest BCUT2D eigenvalue weighted by Crippen LogP contribution is -3.00. The Morgan fingerprint density at radius 2 is 1.41 bits per heavy atom. The zero-order valence-corrected chi connectivity index (χ0v) is 23.5. The Kier molecular flexibility index (Phi) is 18.5. The van der Waals surface area contributed by atoms with Crippen LogP contribution in [-0.2, 0) is 6.42 Å². The highest BCUT2D eigenvalue weighted by atomic mass is 79.9. The molecule has 1 aliphatic heterocycles. The Morgan fingerprint density at radius 1 is 0.794 bits per heavy atom. The van der Waals surface area contributed by atoms with Crippen LogP contribution in [0, 0.1) is 0 Å². The van der Waals surface area contributed by atoms with Crippen LogP contribution in [0.15, 0.2) is 47.5 Å². The molecule has 0 spiro atoms. The van der Waals surface area contributed by atoms with Crippen molar-refractivity contribution in [2.24, 2.45) is 4.99 Å². The summed E-state index contributed by atoms with van der Waals surface area (Å²) in [5.74, 6) is 1.35. The van der Waals surface area contributed by atoms with Crippen molar-refractivity contribution in [1.82, 2.24) is 0 Å². The zero-order chi connectivity index (χ0) is 23.5. The fourth-order valence-electron chi connectivity index (χ4n) is 5.09. The summed E-state index contributed by atoms with van der Waals surface area (Å²) < 4.78 is 0.912. The molecule has 0 radical (unpaired) electrons. The molecular formula is C30H51BrN2O. The fourth-order valence-corrected chi connectivity index (χ4v) is 5.09. The number of hydrogen-bond acceptors (Lipinski definition) is 2. The molecule has 1 heterocycles. The Bertz CT molecular complexity index is 661. The van der Waals surface area contributed by atoms with Gasteiger partial charge in [-0.2, -0.15) is 0 Å². The van der Waals surface area contributed by atoms with Gasteiger partial charge in [-0.15, -0.1) is 0 Å². The van der Waals surface area contributed by atoms with Crippen molar-refractivity contribution >= 4 is 5.84 Å². The molecule has 3 nitrogen and oxygen atoms in total. The van der Waals surface area contributed by atoms with E-state index in [0.717, 1.165) is 43.5 Å². The molecule has 34 heavy (non-hydrogen) atoms. The minimum atomic E-state index is 0. The first-order chi connectivity index (χ1) is 16.3. The Morgan fingerprint density at radius 3 is 2.06 bits per heavy atom. The molecule has 1 aromatic carbocycles. The number of unbranched alkanes of at least 4 members (excludes halogenated alkanes) is 11. The van der Waals surface area contributed by atoms with E-state index in [1.54, 1.807) is 0 Å². The van der Waals surface area contributed by atoms with Gasteiger partial charge in [-0.1, -0.05) is 101 Å². The van der Waals surface area contributed by atoms with Crippen molar-refractivity contribution in [3.63, 3.8) is 0 Å². The molecule has 1 atom stereocenters. The number of quaternary nitrogens is 1. The van der Waals surface area contributed by atoms with Crippen LogP contribution in [0.4, 0.5) is 0 Å². The third kappa shape index (κ3) is 12.7. The maximum atomic E-state index is 9.73. The summed E-state index contributed by atoms with van der Waals surface area (Å²) in [6, 6.07) is 10.8. The van der Waals surface area contributed by atoms with E-state index >= 15 is 0 Å². The van der Waals surface area contributed by atoms with Crippen molar-refractivity contribution in [3.05, 3.63) is 48.0 Å². The van der Waals surface area contributed by atoms with Gasteiger partial charge >= 0.3 is 0 Å². The molecule has 4 heteroatoms. The van der Waals surface area contributed by atoms with Crippen molar-refractivity contribution in [1.29, 1.82) is 0 Å². The number of aliphatic imine (C=N–C) groups is 1. The average molecular weight is 536 g/mol. The van der Waals surface area contributed by atoms with Crippen LogP contribution in [0.2, 0.25) is 0 Å². The number of aliphatic hydroxyl groups excluding tert-OH is 1. The quantitative estimate of drug-likeness (QED) is 0.149. The van der Waals surface area contributed by atoms with Gasteiger partial charge in [0.15, 0.2) is 5.84 Å². The van der Waals surface area contributed by atoms with Gasteiger partial charge in [-0.3, -0.25) is 4.48 Å². The fraction of sp³-hybridized carbons (Fsp3) is 0.700. The summed E-state index contributed by atoms with van der Waals surface area (Å²) >= 11 is 0. The summed E-state index contributed by atoms with van der Waals surface area (Å²) in [6.07, 6.45) is 24.4. The molecule has 0 saturated heterocycles. The highest BCUT2D eigenvalue weighted by molar-refractivity contribution is 5.76. The molecule has 0 bridgehead atoms. The summed E-state index contributed by atoms with van der Waals surface area (Å²) in [5, 5.41) is 9.73. The smallest absolute Gasteiger partial charge is 0.198 e. The van der Waals surface area contributed by atoms with Crippen molar-refractivity contribution in [2.45, 2.75) is 103 Å². The Balaban J connectivity index is 0.00000578. The molecule has 194 valence electrons. The number of nitrogens with zero attached hydrogens (tertiary/aromatic N) is 2. The minimum absolute atomic E-state index is 0. The van der Waals surface area contributed by atoms with Gasteiger partial charge in [0.2, 0.25) is 0 Å². The number of aliphatic hydroxyl groups is 1. The second-order valence-corrected chi connectivity index (χ2v) is 9.91. The highest BCUT2D eigenvalue weighted by Crippen LogP contribution is 2.21. The van der Waals surface area contributed by atoms with Gasteiger partial charge in [0, 0.05) is 12.8 Å². The number of amidine groups is 1. The van der Waals surface area contributed by atoms with Gasteiger partial charge in [0.1, 0.15) is 13.1 Å². The van der Waals surface area contributed by atoms with Crippen LogP contribution in [0.25, 0.3) is 0 Å². The maximum absolute atomic E-state index is 9.73. The first-order valence-electron chi connectivity index (χ1n) is 14.0. The first-order valence-corrected chi connectivity index (χ1v) is 14.0. The molecule has 1 N–H and O–H groups in total. The standard InChI is InChI=1S/C30H51N2O.BrH/c1-2-3-4-5-6-7-8-9-10-11-12-13-14-15-19-22-30-31-24-26-32(30,27-28-33)25-23-29-20-17-16-18-21-29;/h9-10,16-18,20-21,33H,2-8,11-15,19,22-28H2,1H3;1H/q+1;/p-1/b10-9+;. The van der Waals surface area contributed by atoms with Crippen molar-refractivity contribution in [3.8, 4) is 0 Å². The van der Waals surface area contributed by atoms with Crippen LogP contribution in [0.3, 0.4) is 0 Å². The summed E-state index contributed by atoms with van der Waals surface area (Å²) in [5.41, 5.74) is 1.39. The maximum Gasteiger partial charge on any atom is 0.198 e. The number of halogens is 1. The predicted octanol–water partition coefficient (Wildman–Crippen LogP) is 4.49. The van der Waals surface area contributed by atoms with Gasteiger partial charge < -0.3 is 22.1 Å². The third-order valence-corrected chi connectivity index (χ3v) is 7.23. The van der Waals surface area contributed by atoms with E-state index in [-0.39, 0.29) is 23.6 Å². The van der Waals surface area contributed by atoms with Crippen LogP contribution in [0.1, 0.15) is 102 Å². The average Bonchev–Trinajstić information content (AvgIpc) is 3.23. The van der Waals surface area contributed by atoms with Crippen molar-refractivity contribution < 1.29 is 26.6 Å². The van der Waals surface area contributed by atoms with Crippen LogP contribution < -0.4 is 17.0 Å². The molecule has 1 aromatic rings. The normalized spacial score (nSPS) is 17.8. The molecule has 0 fully saturated rings. The lowest BCUT2D eigenvalue weighted by atomic mass is 10.1. The number of rotatable bonds is 20. The van der Waals surface area contributed by atoms with Crippen molar-refractivity contribution in [2.75, 3.05) is 32.8 Å². The summed E-state index contributed by atoms with van der Waals surface area (Å²) in [7, 11) is 0. The van der Waals surface area contributed by atoms with Gasteiger partial charge in [-0.25, -0.2) is 4.99 Å². The second-order valence-electron chi connectivity index (χ2n) is 9.91. The molecular weight excluding hydrogens is 484 g/mol. The zero-order valence-electron chi connectivity index (χ0n) is 21.9. The minimum Gasteiger partial charge on any atom is -1.00 e. The number of hydrogen-bond donors (Lipinski definition) is 1. The van der Waals surface area contributed by atoms with Crippen LogP contribution in [-0.4, -0.2) is 48.2 Å². The second kappa shape index (κ2) is 20.2. The molecule has 0 saturated carbocycles. The number of allylic oxidation sites excluding steroid dienone is 2. The molecule has 0 aromatic heterocycles. The lowest BCUT2D eigenvalue weighted by Gasteiger charge is -2.34. The SMILES string of the molecule is CCCCCCCC/C=C/CCCCCCCC1=NCC[N+]1(CCO)CCc1ccccc1.[Br-]. The van der Waals surface area contributed by atoms with Crippen LogP contribution >= 0.6 is 0 Å². The van der Waals surface area contributed by atoms with E-state index in [1.807, 2.05) is 0 Å². The van der Waals surface area contributed by atoms with Gasteiger partial charge in [0.25, 0.3) is 0 Å². The largest absolute Gasteiger partial charge is 1.00 e. The van der Waals surface area contributed by atoms with Gasteiger partial charge in [-0.05, 0) is 37.7 Å². The third-order valence-electron chi connectivity index (χ3n) is 7.23. The molecule has 2 rings (SSSR count). The Hall–Kier alpha value is -0.970. The predicted molar refractivity (Wildman–Crippen MR) is 144 cm³/mol. The van der Waals surface area contributed by atoms with E-state index in [0.29, 0.717) is 0 Å². The van der Waals surface area contributed by atoms with E-state index in [9.17, 15) is 5.11 Å². The molecule has 1 aliphatic rings. The summed E-state index contributed by atoms with van der Waals surface area (Å²) in [6.45, 7) is 6.40. The molecule has 0 aliphatic carbocycles. The Labute approximate surface area is 221 Å². The van der Waals surface area contributed by atoms with Gasteiger partial charge in [0.05, 0.1) is 19.7 Å². The number of benzene rings is 1. The van der Waals surface area contributed by atoms with E-state index in [1.165, 1.54) is 94.9 Å². The topological polar surface area (TPSA) is 32.6 Å². The molecule has 0 amide bonds. The van der Waals surface area contributed by atoms with E-state index < -0.39 is 0 Å². The van der Waals surface area contributed by atoms with E-state index in [4.69, 9.17) is 4.99 Å².